The Balaban J connectivity index is 2.14. The average Bonchev–Trinajstić information content (AvgIpc) is 2.77. The van der Waals surface area contributed by atoms with E-state index in [9.17, 15) is 5.11 Å². The van der Waals surface area contributed by atoms with Crippen molar-refractivity contribution in [2.24, 2.45) is 0 Å². The van der Waals surface area contributed by atoms with E-state index in [1.54, 1.807) is 11.8 Å². The van der Waals surface area contributed by atoms with E-state index in [0.29, 0.717) is 0 Å². The second-order valence-corrected chi connectivity index (χ2v) is 4.43. The number of anilines is 1. The Morgan fingerprint density at radius 1 is 1.53 bits per heavy atom. The topological polar surface area (TPSA) is 49.2 Å². The number of hydrogen-bond acceptors (Lipinski definition) is 5. The van der Waals surface area contributed by atoms with E-state index in [4.69, 9.17) is 0 Å². The lowest BCUT2D eigenvalue weighted by Crippen LogP contribution is -2.32. The summed E-state index contributed by atoms with van der Waals surface area (Å²) in [6.07, 6.45) is 4.15. The third-order valence-corrected chi connectivity index (χ3v) is 3.35. The molecule has 0 unspecified atom stereocenters. The highest BCUT2D eigenvalue weighted by Gasteiger charge is 2.24. The molecule has 1 aromatic heterocycles. The molecule has 0 saturated carbocycles. The molecule has 0 aliphatic carbocycles. The summed E-state index contributed by atoms with van der Waals surface area (Å²) in [6.45, 7) is 1.17. The van der Waals surface area contributed by atoms with Crippen molar-refractivity contribution in [2.45, 2.75) is 23.9 Å². The maximum Gasteiger partial charge on any atom is 0.151 e. The zero-order chi connectivity index (χ0) is 10.7. The van der Waals surface area contributed by atoms with E-state index >= 15 is 0 Å². The minimum Gasteiger partial charge on any atom is -0.394 e. The van der Waals surface area contributed by atoms with Crippen LogP contribution in [0.25, 0.3) is 0 Å². The Morgan fingerprint density at radius 2 is 2.40 bits per heavy atom. The molecule has 0 spiro atoms. The van der Waals surface area contributed by atoms with Crippen LogP contribution in [0, 0.1) is 0 Å². The van der Waals surface area contributed by atoms with Crippen LogP contribution in [0.4, 0.5) is 5.82 Å². The van der Waals surface area contributed by atoms with Crippen molar-refractivity contribution in [1.29, 1.82) is 0 Å². The van der Waals surface area contributed by atoms with Crippen LogP contribution in [0.5, 0.6) is 0 Å². The largest absolute Gasteiger partial charge is 0.394 e. The highest BCUT2D eigenvalue weighted by Crippen LogP contribution is 2.23. The predicted octanol–water partition coefficient (Wildman–Crippen LogP) is 1.16. The summed E-state index contributed by atoms with van der Waals surface area (Å²) >= 11 is 1.59. The Morgan fingerprint density at radius 3 is 3.00 bits per heavy atom. The first-order valence-corrected chi connectivity index (χ1v) is 6.33. The molecule has 0 radical (unpaired) electrons. The summed E-state index contributed by atoms with van der Waals surface area (Å²) in [5, 5.41) is 18.4. The van der Waals surface area contributed by atoms with Gasteiger partial charge in [-0.05, 0) is 31.2 Å². The van der Waals surface area contributed by atoms with Crippen LogP contribution < -0.4 is 4.90 Å². The van der Waals surface area contributed by atoms with Gasteiger partial charge in [-0.2, -0.15) is 0 Å². The van der Waals surface area contributed by atoms with Gasteiger partial charge in [-0.1, -0.05) is 0 Å². The van der Waals surface area contributed by atoms with Crippen LogP contribution in [-0.2, 0) is 0 Å². The maximum atomic E-state index is 9.20. The monoisotopic (exact) mass is 225 g/mol. The van der Waals surface area contributed by atoms with Gasteiger partial charge in [0, 0.05) is 6.54 Å². The second-order valence-electron chi connectivity index (χ2n) is 3.61. The number of nitrogens with zero attached hydrogens (tertiary/aromatic N) is 3. The molecule has 1 fully saturated rings. The minimum absolute atomic E-state index is 0.200. The van der Waals surface area contributed by atoms with E-state index in [2.05, 4.69) is 15.1 Å². The summed E-state index contributed by atoms with van der Waals surface area (Å²) in [7, 11) is 0. The number of aromatic nitrogens is 2. The molecule has 1 aliphatic heterocycles. The molecule has 1 aliphatic rings. The van der Waals surface area contributed by atoms with Crippen molar-refractivity contribution >= 4 is 17.6 Å². The van der Waals surface area contributed by atoms with E-state index in [-0.39, 0.29) is 12.6 Å². The van der Waals surface area contributed by atoms with Gasteiger partial charge in [-0.15, -0.1) is 22.0 Å². The number of aliphatic hydroxyl groups is 1. The molecule has 1 N–H and O–H groups in total. The van der Waals surface area contributed by atoms with E-state index in [1.807, 2.05) is 18.4 Å². The van der Waals surface area contributed by atoms with Crippen LogP contribution in [0.15, 0.2) is 17.2 Å². The van der Waals surface area contributed by atoms with Gasteiger partial charge in [0.1, 0.15) is 5.03 Å². The first-order valence-electron chi connectivity index (χ1n) is 5.10. The molecule has 0 bridgehead atoms. The molecule has 15 heavy (non-hydrogen) atoms. The molecule has 0 amide bonds. The van der Waals surface area contributed by atoms with Crippen molar-refractivity contribution < 1.29 is 5.11 Å². The minimum atomic E-state index is 0.200. The van der Waals surface area contributed by atoms with Crippen LogP contribution >= 0.6 is 11.8 Å². The lowest BCUT2D eigenvalue weighted by molar-refractivity contribution is 0.266. The van der Waals surface area contributed by atoms with Gasteiger partial charge in [-0.25, -0.2) is 0 Å². The van der Waals surface area contributed by atoms with Gasteiger partial charge >= 0.3 is 0 Å². The molecule has 2 rings (SSSR count). The number of aliphatic hydroxyl groups excluding tert-OH is 1. The first kappa shape index (κ1) is 10.7. The fourth-order valence-corrected chi connectivity index (χ4v) is 2.23. The van der Waals surface area contributed by atoms with E-state index in [1.165, 1.54) is 0 Å². The zero-order valence-electron chi connectivity index (χ0n) is 8.76. The Kier molecular flexibility index (Phi) is 3.43. The molecule has 5 heteroatoms. The van der Waals surface area contributed by atoms with Crippen LogP contribution in [0.2, 0.25) is 0 Å². The van der Waals surface area contributed by atoms with Gasteiger partial charge in [0.15, 0.2) is 5.82 Å². The van der Waals surface area contributed by atoms with Gasteiger partial charge < -0.3 is 10.0 Å². The fourth-order valence-electron chi connectivity index (χ4n) is 1.90. The van der Waals surface area contributed by atoms with Gasteiger partial charge in [0.05, 0.1) is 12.6 Å². The van der Waals surface area contributed by atoms with Crippen molar-refractivity contribution in [3.8, 4) is 0 Å². The summed E-state index contributed by atoms with van der Waals surface area (Å²) in [6, 6.07) is 4.17. The van der Waals surface area contributed by atoms with Gasteiger partial charge in [0.2, 0.25) is 0 Å². The molecule has 82 valence electrons. The Hall–Kier alpha value is -0.810. The normalized spacial score (nSPS) is 20.9. The van der Waals surface area contributed by atoms with Crippen LogP contribution in [0.3, 0.4) is 0 Å². The number of rotatable bonds is 3. The number of hydrogen-bond donors (Lipinski definition) is 1. The lowest BCUT2D eigenvalue weighted by atomic mass is 10.2. The van der Waals surface area contributed by atoms with Crippen LogP contribution in [-0.4, -0.2) is 40.8 Å². The number of thioether (sulfide) groups is 1. The third kappa shape index (κ3) is 2.23. The molecule has 1 aromatic rings. The van der Waals surface area contributed by atoms with Crippen molar-refractivity contribution in [3.63, 3.8) is 0 Å². The SMILES string of the molecule is CSc1ccc(N2CCC[C@@H]2CO)nn1. The molecular weight excluding hydrogens is 210 g/mol. The molecular formula is C10H15N3OS. The highest BCUT2D eigenvalue weighted by atomic mass is 32.2. The molecule has 4 nitrogen and oxygen atoms in total. The summed E-state index contributed by atoms with van der Waals surface area (Å²) < 4.78 is 0. The highest BCUT2D eigenvalue weighted by molar-refractivity contribution is 7.98. The van der Waals surface area contributed by atoms with E-state index in [0.717, 1.165) is 30.2 Å². The fraction of sp³-hybridized carbons (Fsp3) is 0.600. The van der Waals surface area contributed by atoms with Crippen molar-refractivity contribution in [3.05, 3.63) is 12.1 Å². The third-order valence-electron chi connectivity index (χ3n) is 2.72. The quantitative estimate of drug-likeness (QED) is 0.782. The second kappa shape index (κ2) is 4.81. The summed E-state index contributed by atoms with van der Waals surface area (Å²) in [5.74, 6) is 0.879. The van der Waals surface area contributed by atoms with Gasteiger partial charge in [-0.3, -0.25) is 0 Å². The van der Waals surface area contributed by atoms with Gasteiger partial charge in [0.25, 0.3) is 0 Å². The average molecular weight is 225 g/mol. The molecule has 1 saturated heterocycles. The predicted molar refractivity (Wildman–Crippen MR) is 61.3 cm³/mol. The maximum absolute atomic E-state index is 9.20. The lowest BCUT2D eigenvalue weighted by Gasteiger charge is -2.23. The molecule has 2 heterocycles. The Bertz CT molecular complexity index is 317. The Labute approximate surface area is 93.7 Å². The standard InChI is InChI=1S/C10H15N3OS/c1-15-10-5-4-9(11-12-10)13-6-2-3-8(13)7-14/h4-5,8,14H,2-3,6-7H2,1H3/t8-/m1/s1. The zero-order valence-corrected chi connectivity index (χ0v) is 9.57. The summed E-state index contributed by atoms with van der Waals surface area (Å²) in [4.78, 5) is 2.14. The van der Waals surface area contributed by atoms with Crippen LogP contribution in [0.1, 0.15) is 12.8 Å². The van der Waals surface area contributed by atoms with E-state index < -0.39 is 0 Å². The molecule has 0 aromatic carbocycles. The summed E-state index contributed by atoms with van der Waals surface area (Å²) in [5.41, 5.74) is 0. The van der Waals surface area contributed by atoms with Crippen molar-refractivity contribution in [1.82, 2.24) is 10.2 Å². The smallest absolute Gasteiger partial charge is 0.151 e. The molecule has 1 atom stereocenters. The van der Waals surface area contributed by atoms with Crippen molar-refractivity contribution in [2.75, 3.05) is 24.3 Å². The first-order chi connectivity index (χ1) is 7.35.